The Balaban J connectivity index is 1.91. The van der Waals surface area contributed by atoms with Crippen molar-refractivity contribution in [1.82, 2.24) is 4.98 Å². The zero-order valence-electron chi connectivity index (χ0n) is 11.1. The number of aromatic nitrogens is 1. The Morgan fingerprint density at radius 3 is 2.76 bits per heavy atom. The quantitative estimate of drug-likeness (QED) is 0.725. The Kier molecular flexibility index (Phi) is 3.63. The van der Waals surface area contributed by atoms with Crippen molar-refractivity contribution in [1.29, 1.82) is 0 Å². The molecule has 0 bridgehead atoms. The highest BCUT2D eigenvalue weighted by molar-refractivity contribution is 9.10. The van der Waals surface area contributed by atoms with Crippen LogP contribution in [0.4, 0.5) is 18.9 Å². The molecule has 1 heterocycles. The van der Waals surface area contributed by atoms with Gasteiger partial charge in [-0.3, -0.25) is 0 Å². The Bertz CT molecular complexity index is 668. The van der Waals surface area contributed by atoms with Crippen LogP contribution >= 0.6 is 15.9 Å². The van der Waals surface area contributed by atoms with E-state index in [1.807, 2.05) is 0 Å². The number of benzene rings is 1. The highest BCUT2D eigenvalue weighted by Gasteiger charge is 2.43. The van der Waals surface area contributed by atoms with Crippen LogP contribution in [0.5, 0.6) is 0 Å². The highest BCUT2D eigenvalue weighted by Crippen LogP contribution is 2.44. The molecular formula is C14H14BrF3N2O. The van der Waals surface area contributed by atoms with Gasteiger partial charge in [0.05, 0.1) is 11.6 Å². The Morgan fingerprint density at radius 2 is 2.05 bits per heavy atom. The van der Waals surface area contributed by atoms with E-state index in [4.69, 9.17) is 10.2 Å². The predicted octanol–water partition coefficient (Wildman–Crippen LogP) is 5.01. The van der Waals surface area contributed by atoms with Crippen LogP contribution in [0.15, 0.2) is 21.0 Å². The molecule has 3 rings (SSSR count). The molecule has 1 aliphatic rings. The number of nitrogens with zero attached hydrogens (tertiary/aromatic N) is 1. The number of anilines is 1. The molecule has 1 aliphatic carbocycles. The minimum absolute atomic E-state index is 0.0391. The predicted molar refractivity (Wildman–Crippen MR) is 76.9 cm³/mol. The molecule has 1 saturated carbocycles. The van der Waals surface area contributed by atoms with Gasteiger partial charge in [-0.2, -0.15) is 13.2 Å². The van der Waals surface area contributed by atoms with Crippen LogP contribution in [0.2, 0.25) is 0 Å². The van der Waals surface area contributed by atoms with Crippen LogP contribution in [-0.2, 0) is 0 Å². The maximum atomic E-state index is 12.9. The van der Waals surface area contributed by atoms with Crippen LogP contribution in [0.25, 0.3) is 11.1 Å². The SMILES string of the molecule is Nc1cc(Br)cc2nc(C3CCCC(C(F)(F)F)C3)oc12. The summed E-state index contributed by atoms with van der Waals surface area (Å²) in [6.45, 7) is 0. The largest absolute Gasteiger partial charge is 0.438 e. The van der Waals surface area contributed by atoms with Gasteiger partial charge in [0.2, 0.25) is 0 Å². The van der Waals surface area contributed by atoms with Gasteiger partial charge in [0.25, 0.3) is 0 Å². The summed E-state index contributed by atoms with van der Waals surface area (Å²) in [5.41, 5.74) is 7.31. The molecule has 0 spiro atoms. The summed E-state index contributed by atoms with van der Waals surface area (Å²) in [5.74, 6) is -1.20. The molecule has 1 aromatic heterocycles. The van der Waals surface area contributed by atoms with Gasteiger partial charge in [-0.15, -0.1) is 0 Å². The molecule has 2 atom stereocenters. The molecule has 3 nitrogen and oxygen atoms in total. The Hall–Kier alpha value is -1.24. The van der Waals surface area contributed by atoms with Crippen molar-refractivity contribution in [3.63, 3.8) is 0 Å². The molecule has 114 valence electrons. The average Bonchev–Trinajstić information content (AvgIpc) is 2.82. The van der Waals surface area contributed by atoms with Crippen LogP contribution in [0.1, 0.15) is 37.5 Å². The number of hydrogen-bond donors (Lipinski definition) is 1. The average molecular weight is 363 g/mol. The van der Waals surface area contributed by atoms with Gasteiger partial charge in [0.1, 0.15) is 5.52 Å². The number of hydrogen-bond acceptors (Lipinski definition) is 3. The lowest BCUT2D eigenvalue weighted by Gasteiger charge is -2.28. The maximum Gasteiger partial charge on any atom is 0.391 e. The lowest BCUT2D eigenvalue weighted by Crippen LogP contribution is -2.28. The molecule has 2 unspecified atom stereocenters. The number of oxazole rings is 1. The van der Waals surface area contributed by atoms with E-state index in [0.29, 0.717) is 35.5 Å². The summed E-state index contributed by atoms with van der Waals surface area (Å²) >= 11 is 3.31. The van der Waals surface area contributed by atoms with Crippen LogP contribution in [0.3, 0.4) is 0 Å². The third-order valence-corrected chi connectivity index (χ3v) is 4.44. The first-order valence-electron chi connectivity index (χ1n) is 6.77. The zero-order chi connectivity index (χ0) is 15.2. The topological polar surface area (TPSA) is 52.0 Å². The molecule has 1 fully saturated rings. The van der Waals surface area contributed by atoms with Gasteiger partial charge in [-0.1, -0.05) is 22.4 Å². The second kappa shape index (κ2) is 5.19. The third-order valence-electron chi connectivity index (χ3n) is 3.99. The van der Waals surface area contributed by atoms with E-state index in [1.165, 1.54) is 0 Å². The normalized spacial score (nSPS) is 23.6. The third kappa shape index (κ3) is 2.88. The van der Waals surface area contributed by atoms with E-state index in [-0.39, 0.29) is 18.8 Å². The second-order valence-electron chi connectivity index (χ2n) is 5.50. The molecular weight excluding hydrogens is 349 g/mol. The second-order valence-corrected chi connectivity index (χ2v) is 6.41. The first-order valence-corrected chi connectivity index (χ1v) is 7.56. The van der Waals surface area contributed by atoms with Crippen molar-refractivity contribution in [3.05, 3.63) is 22.5 Å². The van der Waals surface area contributed by atoms with E-state index in [1.54, 1.807) is 12.1 Å². The summed E-state index contributed by atoms with van der Waals surface area (Å²) in [6.07, 6.45) is -2.72. The fourth-order valence-electron chi connectivity index (χ4n) is 2.93. The zero-order valence-corrected chi connectivity index (χ0v) is 12.7. The van der Waals surface area contributed by atoms with Crippen LogP contribution in [-0.4, -0.2) is 11.2 Å². The maximum absolute atomic E-state index is 12.9. The molecule has 0 saturated heterocycles. The van der Waals surface area contributed by atoms with Crippen molar-refractivity contribution in [2.75, 3.05) is 5.73 Å². The van der Waals surface area contributed by atoms with E-state index in [9.17, 15) is 13.2 Å². The van der Waals surface area contributed by atoms with Crippen molar-refractivity contribution < 1.29 is 17.6 Å². The van der Waals surface area contributed by atoms with E-state index < -0.39 is 12.1 Å². The molecule has 2 aromatic rings. The standard InChI is InChI=1S/C14H14BrF3N2O/c15-9-5-10(19)12-11(6-9)20-13(21-12)7-2-1-3-8(4-7)14(16,17)18/h5-8H,1-4,19H2. The van der Waals surface area contributed by atoms with Gasteiger partial charge in [0.15, 0.2) is 11.5 Å². The van der Waals surface area contributed by atoms with Gasteiger partial charge in [0, 0.05) is 10.4 Å². The fraction of sp³-hybridized carbons (Fsp3) is 0.500. The smallest absolute Gasteiger partial charge is 0.391 e. The molecule has 0 amide bonds. The van der Waals surface area contributed by atoms with Gasteiger partial charge in [-0.05, 0) is 31.4 Å². The lowest BCUT2D eigenvalue weighted by atomic mass is 9.81. The summed E-state index contributed by atoms with van der Waals surface area (Å²) < 4.78 is 45.0. The van der Waals surface area contributed by atoms with Gasteiger partial charge >= 0.3 is 6.18 Å². The van der Waals surface area contributed by atoms with Crippen molar-refractivity contribution in [3.8, 4) is 0 Å². The minimum Gasteiger partial charge on any atom is -0.438 e. The Morgan fingerprint density at radius 1 is 1.29 bits per heavy atom. The number of nitrogens with two attached hydrogens (primary N) is 1. The summed E-state index contributed by atoms with van der Waals surface area (Å²) in [5, 5.41) is 0. The summed E-state index contributed by atoms with van der Waals surface area (Å²) in [6, 6.07) is 3.44. The van der Waals surface area contributed by atoms with Gasteiger partial charge < -0.3 is 10.2 Å². The molecule has 1 aromatic carbocycles. The minimum atomic E-state index is -4.15. The lowest BCUT2D eigenvalue weighted by molar-refractivity contribution is -0.183. The monoisotopic (exact) mass is 362 g/mol. The number of alkyl halides is 3. The van der Waals surface area contributed by atoms with Crippen LogP contribution < -0.4 is 5.73 Å². The number of fused-ring (bicyclic) bond motifs is 1. The number of halogens is 4. The molecule has 21 heavy (non-hydrogen) atoms. The summed E-state index contributed by atoms with van der Waals surface area (Å²) in [4.78, 5) is 4.33. The van der Waals surface area contributed by atoms with Gasteiger partial charge in [-0.25, -0.2) is 4.98 Å². The molecule has 0 aliphatic heterocycles. The van der Waals surface area contributed by atoms with E-state index in [0.717, 1.165) is 4.47 Å². The van der Waals surface area contributed by atoms with Crippen LogP contribution in [0, 0.1) is 5.92 Å². The van der Waals surface area contributed by atoms with Crippen molar-refractivity contribution in [2.45, 2.75) is 37.8 Å². The number of nitrogen functional groups attached to an aromatic ring is 1. The first-order chi connectivity index (χ1) is 9.84. The summed E-state index contributed by atoms with van der Waals surface area (Å²) in [7, 11) is 0. The molecule has 0 radical (unpaired) electrons. The van der Waals surface area contributed by atoms with E-state index in [2.05, 4.69) is 20.9 Å². The van der Waals surface area contributed by atoms with E-state index >= 15 is 0 Å². The first kappa shape index (κ1) is 14.7. The van der Waals surface area contributed by atoms with Crippen molar-refractivity contribution >= 4 is 32.7 Å². The fourth-order valence-corrected chi connectivity index (χ4v) is 3.39. The Labute approximate surface area is 127 Å². The molecule has 2 N–H and O–H groups in total. The number of rotatable bonds is 1. The van der Waals surface area contributed by atoms with Crippen molar-refractivity contribution in [2.24, 2.45) is 5.92 Å². The molecule has 7 heteroatoms. The highest BCUT2D eigenvalue weighted by atomic mass is 79.9.